The number of aromatic nitrogens is 2. The molecular formula is C16H16N4O3S. The van der Waals surface area contributed by atoms with E-state index in [-0.39, 0.29) is 10.8 Å². The van der Waals surface area contributed by atoms with Crippen LogP contribution in [0.15, 0.2) is 53.7 Å². The predicted molar refractivity (Wildman–Crippen MR) is 91.5 cm³/mol. The summed E-state index contributed by atoms with van der Waals surface area (Å²) in [5.41, 5.74) is 2.57. The topological polar surface area (TPSA) is 92.6 Å². The minimum absolute atomic E-state index is 0.110. The fourth-order valence-corrected chi connectivity index (χ4v) is 3.36. The van der Waals surface area contributed by atoms with Crippen LogP contribution in [0.3, 0.4) is 0 Å². The number of nitrogens with one attached hydrogen (secondary N) is 2. The fourth-order valence-electron chi connectivity index (χ4n) is 2.31. The first-order valence-electron chi connectivity index (χ1n) is 7.19. The van der Waals surface area contributed by atoms with Gasteiger partial charge in [0.05, 0.1) is 16.3 Å². The highest BCUT2D eigenvalue weighted by atomic mass is 32.2. The Bertz CT molecular complexity index is 1010. The van der Waals surface area contributed by atoms with Crippen LogP contribution in [0.5, 0.6) is 0 Å². The summed E-state index contributed by atoms with van der Waals surface area (Å²) < 4.78 is 29.2. The molecule has 0 fully saturated rings. The molecule has 0 spiro atoms. The molecule has 2 N–H and O–H groups in total. The van der Waals surface area contributed by atoms with E-state index in [1.165, 1.54) is 19.1 Å². The second-order valence-electron chi connectivity index (χ2n) is 5.38. The molecule has 0 bridgehead atoms. The van der Waals surface area contributed by atoms with Crippen molar-refractivity contribution in [1.82, 2.24) is 9.38 Å². The molecule has 0 saturated heterocycles. The number of rotatable bonds is 4. The van der Waals surface area contributed by atoms with Crippen molar-refractivity contribution in [2.45, 2.75) is 18.7 Å². The Morgan fingerprint density at radius 1 is 1.04 bits per heavy atom. The Kier molecular flexibility index (Phi) is 3.98. The Morgan fingerprint density at radius 3 is 2.38 bits per heavy atom. The van der Waals surface area contributed by atoms with Gasteiger partial charge in [-0.1, -0.05) is 0 Å². The van der Waals surface area contributed by atoms with Crippen LogP contribution in [0.2, 0.25) is 0 Å². The molecule has 0 aliphatic heterocycles. The number of hydrogen-bond acceptors (Lipinski definition) is 4. The Hall–Kier alpha value is -2.87. The van der Waals surface area contributed by atoms with E-state index in [2.05, 4.69) is 15.0 Å². The molecule has 0 aliphatic carbocycles. The lowest BCUT2D eigenvalue weighted by molar-refractivity contribution is -0.114. The first-order valence-corrected chi connectivity index (χ1v) is 8.68. The lowest BCUT2D eigenvalue weighted by atomic mass is 10.3. The largest absolute Gasteiger partial charge is 0.326 e. The van der Waals surface area contributed by atoms with E-state index in [1.54, 1.807) is 34.9 Å². The summed E-state index contributed by atoms with van der Waals surface area (Å²) in [6.07, 6.45) is 3.48. The summed E-state index contributed by atoms with van der Waals surface area (Å²) in [5.74, 6) is -0.215. The number of aryl methyl sites for hydroxylation is 1. The van der Waals surface area contributed by atoms with Gasteiger partial charge >= 0.3 is 0 Å². The van der Waals surface area contributed by atoms with Gasteiger partial charge in [0, 0.05) is 25.0 Å². The van der Waals surface area contributed by atoms with Gasteiger partial charge in [-0.25, -0.2) is 13.4 Å². The summed E-state index contributed by atoms with van der Waals surface area (Å²) in [4.78, 5) is 15.4. The van der Waals surface area contributed by atoms with E-state index in [9.17, 15) is 13.2 Å². The first-order chi connectivity index (χ1) is 11.3. The molecule has 1 amide bonds. The molecule has 2 heterocycles. The van der Waals surface area contributed by atoms with Crippen LogP contribution >= 0.6 is 0 Å². The maximum atomic E-state index is 12.5. The highest BCUT2D eigenvalue weighted by molar-refractivity contribution is 7.92. The smallest absolute Gasteiger partial charge is 0.261 e. The zero-order valence-corrected chi connectivity index (χ0v) is 14.0. The number of carbonyl (C=O) groups excluding carboxylic acids is 1. The molecule has 124 valence electrons. The molecular weight excluding hydrogens is 328 g/mol. The molecule has 3 rings (SSSR count). The van der Waals surface area contributed by atoms with Crippen molar-refractivity contribution in [3.8, 4) is 0 Å². The molecule has 8 heteroatoms. The van der Waals surface area contributed by atoms with E-state index in [0.717, 1.165) is 11.3 Å². The fraction of sp³-hybridized carbons (Fsp3) is 0.125. The van der Waals surface area contributed by atoms with Gasteiger partial charge in [-0.05, 0) is 43.3 Å². The van der Waals surface area contributed by atoms with E-state index < -0.39 is 10.0 Å². The molecule has 0 unspecified atom stereocenters. The summed E-state index contributed by atoms with van der Waals surface area (Å²) >= 11 is 0. The van der Waals surface area contributed by atoms with E-state index in [1.807, 2.05) is 13.1 Å². The number of amides is 1. The molecule has 0 saturated carbocycles. The summed E-state index contributed by atoms with van der Waals surface area (Å²) in [7, 11) is -3.72. The molecule has 0 atom stereocenters. The van der Waals surface area contributed by atoms with Crippen LogP contribution in [0.25, 0.3) is 5.65 Å². The minimum atomic E-state index is -3.72. The maximum absolute atomic E-state index is 12.5. The number of nitrogens with zero attached hydrogens (tertiary/aromatic N) is 2. The second-order valence-corrected chi connectivity index (χ2v) is 7.06. The number of pyridine rings is 1. The molecule has 0 aliphatic rings. The van der Waals surface area contributed by atoms with Crippen LogP contribution in [0.4, 0.5) is 11.4 Å². The Labute approximate surface area is 139 Å². The van der Waals surface area contributed by atoms with Crippen LogP contribution < -0.4 is 10.0 Å². The summed E-state index contributed by atoms with van der Waals surface area (Å²) in [5, 5.41) is 2.59. The van der Waals surface area contributed by atoms with Crippen molar-refractivity contribution in [1.29, 1.82) is 0 Å². The van der Waals surface area contributed by atoms with Crippen molar-refractivity contribution in [3.63, 3.8) is 0 Å². The van der Waals surface area contributed by atoms with Crippen LogP contribution in [0, 0.1) is 6.92 Å². The third-order valence-corrected chi connectivity index (χ3v) is 4.71. The van der Waals surface area contributed by atoms with Gasteiger partial charge in [-0.3, -0.25) is 9.52 Å². The number of benzene rings is 1. The highest BCUT2D eigenvalue weighted by Gasteiger charge is 2.14. The Balaban J connectivity index is 1.85. The quantitative estimate of drug-likeness (QED) is 0.760. The number of hydrogen-bond donors (Lipinski definition) is 2. The van der Waals surface area contributed by atoms with Gasteiger partial charge < -0.3 is 9.72 Å². The summed E-state index contributed by atoms with van der Waals surface area (Å²) in [6.45, 7) is 3.26. The van der Waals surface area contributed by atoms with Gasteiger partial charge in [0.25, 0.3) is 10.0 Å². The van der Waals surface area contributed by atoms with Crippen molar-refractivity contribution >= 4 is 33.0 Å². The van der Waals surface area contributed by atoms with Crippen molar-refractivity contribution in [3.05, 3.63) is 54.5 Å². The Morgan fingerprint density at radius 2 is 1.71 bits per heavy atom. The molecule has 7 nitrogen and oxygen atoms in total. The van der Waals surface area contributed by atoms with Crippen molar-refractivity contribution in [2.75, 3.05) is 10.0 Å². The number of fused-ring (bicyclic) bond motifs is 1. The van der Waals surface area contributed by atoms with E-state index in [4.69, 9.17) is 0 Å². The average Bonchev–Trinajstić information content (AvgIpc) is 2.86. The lowest BCUT2D eigenvalue weighted by Gasteiger charge is -2.09. The molecule has 2 aromatic heterocycles. The van der Waals surface area contributed by atoms with Crippen molar-refractivity contribution < 1.29 is 13.2 Å². The van der Waals surface area contributed by atoms with Gasteiger partial charge in [-0.15, -0.1) is 0 Å². The number of carbonyl (C=O) groups is 1. The predicted octanol–water partition coefficient (Wildman–Crippen LogP) is 2.40. The monoisotopic (exact) mass is 344 g/mol. The second kappa shape index (κ2) is 5.97. The van der Waals surface area contributed by atoms with Crippen LogP contribution in [0.1, 0.15) is 12.6 Å². The van der Waals surface area contributed by atoms with Gasteiger partial charge in [0.15, 0.2) is 0 Å². The van der Waals surface area contributed by atoms with Crippen LogP contribution in [-0.2, 0) is 14.8 Å². The zero-order chi connectivity index (χ0) is 17.3. The van der Waals surface area contributed by atoms with Gasteiger partial charge in [0.2, 0.25) is 5.91 Å². The van der Waals surface area contributed by atoms with E-state index >= 15 is 0 Å². The lowest BCUT2D eigenvalue weighted by Crippen LogP contribution is -2.13. The molecule has 3 aromatic rings. The molecule has 24 heavy (non-hydrogen) atoms. The van der Waals surface area contributed by atoms with Gasteiger partial charge in [-0.2, -0.15) is 0 Å². The van der Waals surface area contributed by atoms with Crippen molar-refractivity contribution in [2.24, 2.45) is 0 Å². The maximum Gasteiger partial charge on any atom is 0.261 e. The number of sulfonamides is 1. The third kappa shape index (κ3) is 3.38. The standard InChI is InChI=1S/C16H16N4O3S/c1-11-9-20-10-14(5-8-16(20)17-11)19-24(22,23)15-6-3-13(4-7-15)18-12(2)21/h3-10,19H,1-2H3,(H,18,21). The highest BCUT2D eigenvalue weighted by Crippen LogP contribution is 2.19. The third-order valence-electron chi connectivity index (χ3n) is 3.31. The van der Waals surface area contributed by atoms with Gasteiger partial charge in [0.1, 0.15) is 5.65 Å². The SMILES string of the molecule is CC(=O)Nc1ccc(S(=O)(=O)Nc2ccc3nc(C)cn3c2)cc1. The number of anilines is 2. The minimum Gasteiger partial charge on any atom is -0.326 e. The average molecular weight is 344 g/mol. The van der Waals surface area contributed by atoms with Crippen LogP contribution in [-0.4, -0.2) is 23.7 Å². The zero-order valence-electron chi connectivity index (χ0n) is 13.1. The summed E-state index contributed by atoms with van der Waals surface area (Å²) in [6, 6.07) is 9.35. The number of imidazole rings is 1. The normalized spacial score (nSPS) is 11.4. The molecule has 1 aromatic carbocycles. The van der Waals surface area contributed by atoms with E-state index in [0.29, 0.717) is 11.4 Å². The first kappa shape index (κ1) is 16.0. The molecule has 0 radical (unpaired) electrons.